The topological polar surface area (TPSA) is 66.4 Å². The molecule has 1 aliphatic carbocycles. The first-order chi connectivity index (χ1) is 4.97. The van der Waals surface area contributed by atoms with E-state index in [1.54, 1.807) is 0 Å². The van der Waals surface area contributed by atoms with Crippen molar-refractivity contribution in [1.29, 1.82) is 0 Å². The van der Waals surface area contributed by atoms with Crippen LogP contribution in [-0.4, -0.2) is 32.9 Å². The van der Waals surface area contributed by atoms with Gasteiger partial charge in [-0.05, 0) is 12.8 Å². The second-order valence-electron chi connectivity index (χ2n) is 3.25. The second-order valence-corrected chi connectivity index (χ2v) is 5.08. The second kappa shape index (κ2) is 2.73. The summed E-state index contributed by atoms with van der Waals surface area (Å²) in [7, 11) is -3.09. The van der Waals surface area contributed by atoms with Gasteiger partial charge in [0, 0.05) is 18.6 Å². The normalized spacial score (nSPS) is 21.6. The largest absolute Gasteiger partial charge is 0.396 e. The predicted octanol–water partition coefficient (Wildman–Crippen LogP) is -0.692. The van der Waals surface area contributed by atoms with Crippen molar-refractivity contribution < 1.29 is 13.5 Å². The highest BCUT2D eigenvalue weighted by Gasteiger charge is 2.42. The average Bonchev–Trinajstić information content (AvgIpc) is 2.63. The van der Waals surface area contributed by atoms with Crippen LogP contribution in [0.3, 0.4) is 0 Å². The lowest BCUT2D eigenvalue weighted by Gasteiger charge is -2.10. The van der Waals surface area contributed by atoms with Crippen LogP contribution in [0.15, 0.2) is 0 Å². The van der Waals surface area contributed by atoms with E-state index in [1.165, 1.54) is 0 Å². The predicted molar refractivity (Wildman–Crippen MR) is 41.6 cm³/mol. The molecular formula is C6H13NO3S. The fourth-order valence-electron chi connectivity index (χ4n) is 0.852. The molecule has 0 spiro atoms. The molecule has 1 aliphatic rings. The first-order valence-corrected chi connectivity index (χ1v) is 5.42. The van der Waals surface area contributed by atoms with Crippen LogP contribution in [0, 0.1) is 5.41 Å². The van der Waals surface area contributed by atoms with Crippen LogP contribution in [-0.2, 0) is 10.0 Å². The Hall–Kier alpha value is -0.130. The number of rotatable bonds is 4. The lowest BCUT2D eigenvalue weighted by molar-refractivity contribution is 0.213. The Morgan fingerprint density at radius 2 is 2.09 bits per heavy atom. The van der Waals surface area contributed by atoms with Gasteiger partial charge < -0.3 is 5.11 Å². The highest BCUT2D eigenvalue weighted by Crippen LogP contribution is 2.44. The lowest BCUT2D eigenvalue weighted by atomic mass is 10.1. The van der Waals surface area contributed by atoms with E-state index in [1.807, 2.05) is 0 Å². The third kappa shape index (κ3) is 2.76. The van der Waals surface area contributed by atoms with Gasteiger partial charge in [-0.3, -0.25) is 0 Å². The molecule has 2 N–H and O–H groups in total. The highest BCUT2D eigenvalue weighted by molar-refractivity contribution is 7.88. The van der Waals surface area contributed by atoms with Crippen LogP contribution >= 0.6 is 0 Å². The van der Waals surface area contributed by atoms with Crippen molar-refractivity contribution in [3.05, 3.63) is 0 Å². The fraction of sp³-hybridized carbons (Fsp3) is 1.00. The molecule has 0 amide bonds. The maximum absolute atomic E-state index is 10.6. The summed E-state index contributed by atoms with van der Waals surface area (Å²) in [5, 5.41) is 8.82. The molecule has 1 fully saturated rings. The van der Waals surface area contributed by atoms with Gasteiger partial charge >= 0.3 is 0 Å². The van der Waals surface area contributed by atoms with E-state index in [0.29, 0.717) is 6.54 Å². The van der Waals surface area contributed by atoms with E-state index in [2.05, 4.69) is 4.72 Å². The Bertz CT molecular complexity index is 230. The number of nitrogens with one attached hydrogen (secondary N) is 1. The molecule has 0 saturated heterocycles. The van der Waals surface area contributed by atoms with Gasteiger partial charge in [0.2, 0.25) is 10.0 Å². The van der Waals surface area contributed by atoms with Crippen LogP contribution in [0.2, 0.25) is 0 Å². The van der Waals surface area contributed by atoms with Crippen molar-refractivity contribution in [3.8, 4) is 0 Å². The molecular weight excluding hydrogens is 166 g/mol. The number of aliphatic hydroxyl groups excluding tert-OH is 1. The molecule has 0 atom stereocenters. The third-order valence-corrected chi connectivity index (χ3v) is 2.67. The Morgan fingerprint density at radius 3 is 2.36 bits per heavy atom. The summed E-state index contributed by atoms with van der Waals surface area (Å²) >= 11 is 0. The number of hydrogen-bond acceptors (Lipinski definition) is 3. The van der Waals surface area contributed by atoms with E-state index >= 15 is 0 Å². The molecule has 0 aromatic rings. The van der Waals surface area contributed by atoms with Crippen LogP contribution < -0.4 is 4.72 Å². The SMILES string of the molecule is CS(=O)(=O)NCC1(CO)CC1. The first kappa shape index (κ1) is 8.96. The quantitative estimate of drug-likeness (QED) is 0.600. The number of hydrogen-bond donors (Lipinski definition) is 2. The fourth-order valence-corrected chi connectivity index (χ4v) is 1.42. The lowest BCUT2D eigenvalue weighted by Crippen LogP contribution is -2.30. The van der Waals surface area contributed by atoms with Crippen molar-refractivity contribution >= 4 is 10.0 Å². The molecule has 11 heavy (non-hydrogen) atoms. The van der Waals surface area contributed by atoms with Crippen LogP contribution in [0.4, 0.5) is 0 Å². The summed E-state index contributed by atoms with van der Waals surface area (Å²) in [6.07, 6.45) is 2.97. The molecule has 1 saturated carbocycles. The Kier molecular flexibility index (Phi) is 2.22. The first-order valence-electron chi connectivity index (χ1n) is 3.53. The van der Waals surface area contributed by atoms with Crippen molar-refractivity contribution in [3.63, 3.8) is 0 Å². The van der Waals surface area contributed by atoms with Gasteiger partial charge in [-0.15, -0.1) is 0 Å². The summed E-state index contributed by atoms with van der Waals surface area (Å²) in [5.41, 5.74) is -0.136. The Labute approximate surface area is 66.7 Å². The van der Waals surface area contributed by atoms with Crippen molar-refractivity contribution in [2.45, 2.75) is 12.8 Å². The van der Waals surface area contributed by atoms with E-state index in [9.17, 15) is 8.42 Å². The summed E-state index contributed by atoms with van der Waals surface area (Å²) in [6, 6.07) is 0. The monoisotopic (exact) mass is 179 g/mol. The zero-order valence-corrected chi connectivity index (χ0v) is 7.32. The summed E-state index contributed by atoms with van der Waals surface area (Å²) in [6.45, 7) is 0.456. The molecule has 0 radical (unpaired) electrons. The molecule has 5 heteroatoms. The molecule has 0 bridgehead atoms. The minimum Gasteiger partial charge on any atom is -0.396 e. The highest BCUT2D eigenvalue weighted by atomic mass is 32.2. The Morgan fingerprint density at radius 1 is 1.55 bits per heavy atom. The van der Waals surface area contributed by atoms with Gasteiger partial charge in [0.15, 0.2) is 0 Å². The van der Waals surface area contributed by atoms with E-state index in [-0.39, 0.29) is 12.0 Å². The maximum Gasteiger partial charge on any atom is 0.208 e. The van der Waals surface area contributed by atoms with Crippen LogP contribution in [0.5, 0.6) is 0 Å². The van der Waals surface area contributed by atoms with Gasteiger partial charge in [0.25, 0.3) is 0 Å². The van der Waals surface area contributed by atoms with E-state index < -0.39 is 10.0 Å². The third-order valence-electron chi connectivity index (χ3n) is 2.00. The van der Waals surface area contributed by atoms with E-state index in [0.717, 1.165) is 19.1 Å². The number of sulfonamides is 1. The minimum absolute atomic E-state index is 0.0789. The minimum atomic E-state index is -3.09. The zero-order chi connectivity index (χ0) is 8.54. The van der Waals surface area contributed by atoms with Gasteiger partial charge in [-0.1, -0.05) is 0 Å². The molecule has 1 rings (SSSR count). The standard InChI is InChI=1S/C6H13NO3S/c1-11(9,10)7-4-6(5-8)2-3-6/h7-8H,2-5H2,1H3. The molecule has 66 valence electrons. The molecule has 0 unspecified atom stereocenters. The summed E-state index contributed by atoms with van der Waals surface area (Å²) in [4.78, 5) is 0. The molecule has 0 aliphatic heterocycles. The van der Waals surface area contributed by atoms with Gasteiger partial charge in [0.1, 0.15) is 0 Å². The zero-order valence-electron chi connectivity index (χ0n) is 6.50. The summed E-state index contributed by atoms with van der Waals surface area (Å²) in [5.74, 6) is 0. The van der Waals surface area contributed by atoms with Crippen LogP contribution in [0.1, 0.15) is 12.8 Å². The number of aliphatic hydroxyl groups is 1. The van der Waals surface area contributed by atoms with Crippen molar-refractivity contribution in [1.82, 2.24) is 4.72 Å². The summed E-state index contributed by atoms with van der Waals surface area (Å²) < 4.78 is 23.6. The van der Waals surface area contributed by atoms with Crippen LogP contribution in [0.25, 0.3) is 0 Å². The van der Waals surface area contributed by atoms with Gasteiger partial charge in [-0.25, -0.2) is 13.1 Å². The smallest absolute Gasteiger partial charge is 0.208 e. The van der Waals surface area contributed by atoms with Crippen molar-refractivity contribution in [2.75, 3.05) is 19.4 Å². The maximum atomic E-state index is 10.6. The molecule has 0 aromatic heterocycles. The molecule has 4 nitrogen and oxygen atoms in total. The molecule has 0 aromatic carbocycles. The van der Waals surface area contributed by atoms with Gasteiger partial charge in [0.05, 0.1) is 6.26 Å². The van der Waals surface area contributed by atoms with Crippen molar-refractivity contribution in [2.24, 2.45) is 5.41 Å². The average molecular weight is 179 g/mol. The Balaban J connectivity index is 2.33. The van der Waals surface area contributed by atoms with Gasteiger partial charge in [-0.2, -0.15) is 0 Å². The van der Waals surface area contributed by atoms with E-state index in [4.69, 9.17) is 5.11 Å². The molecule has 0 heterocycles.